The summed E-state index contributed by atoms with van der Waals surface area (Å²) in [5, 5.41) is 13.3. The molecule has 0 unspecified atom stereocenters. The standard InChI is InChI=1S/C13H15N3O2/c1-7-8(2)15-16(9(7)3)10-4-5-11(13(17)18)12(14)6-10/h4-6H,14H2,1-3H3,(H,17,18). The maximum absolute atomic E-state index is 10.9. The van der Waals surface area contributed by atoms with Crippen LogP contribution in [0.5, 0.6) is 0 Å². The van der Waals surface area contributed by atoms with Crippen molar-refractivity contribution in [1.82, 2.24) is 9.78 Å². The molecule has 1 aromatic heterocycles. The number of hydrogen-bond donors (Lipinski definition) is 2. The van der Waals surface area contributed by atoms with Gasteiger partial charge in [0.05, 0.1) is 16.9 Å². The molecule has 0 fully saturated rings. The van der Waals surface area contributed by atoms with Crippen LogP contribution >= 0.6 is 0 Å². The van der Waals surface area contributed by atoms with Crippen molar-refractivity contribution < 1.29 is 9.90 Å². The highest BCUT2D eigenvalue weighted by Gasteiger charge is 2.12. The number of rotatable bonds is 2. The number of nitrogens with zero attached hydrogens (tertiary/aromatic N) is 2. The number of aromatic carboxylic acids is 1. The van der Waals surface area contributed by atoms with E-state index < -0.39 is 5.97 Å². The Balaban J connectivity index is 2.55. The lowest BCUT2D eigenvalue weighted by Gasteiger charge is -2.07. The van der Waals surface area contributed by atoms with Crippen molar-refractivity contribution in [2.75, 3.05) is 5.73 Å². The first-order valence-corrected chi connectivity index (χ1v) is 5.58. The van der Waals surface area contributed by atoms with Gasteiger partial charge in [-0.25, -0.2) is 9.48 Å². The maximum Gasteiger partial charge on any atom is 0.337 e. The van der Waals surface area contributed by atoms with E-state index in [0.717, 1.165) is 22.6 Å². The average Bonchev–Trinajstić information content (AvgIpc) is 2.56. The zero-order valence-electron chi connectivity index (χ0n) is 10.6. The minimum Gasteiger partial charge on any atom is -0.478 e. The van der Waals surface area contributed by atoms with Gasteiger partial charge in [-0.2, -0.15) is 5.10 Å². The third-order valence-electron chi connectivity index (χ3n) is 3.16. The summed E-state index contributed by atoms with van der Waals surface area (Å²) in [5.74, 6) is -1.02. The van der Waals surface area contributed by atoms with Crippen molar-refractivity contribution >= 4 is 11.7 Å². The number of aromatic nitrogens is 2. The quantitative estimate of drug-likeness (QED) is 0.794. The molecule has 3 N–H and O–H groups in total. The first kappa shape index (κ1) is 12.2. The predicted octanol–water partition coefficient (Wildman–Crippen LogP) is 2.08. The lowest BCUT2D eigenvalue weighted by Crippen LogP contribution is -2.05. The molecule has 0 radical (unpaired) electrons. The van der Waals surface area contributed by atoms with E-state index in [9.17, 15) is 4.79 Å². The summed E-state index contributed by atoms with van der Waals surface area (Å²) in [6, 6.07) is 4.83. The first-order valence-electron chi connectivity index (χ1n) is 5.58. The molecule has 5 nitrogen and oxygen atoms in total. The van der Waals surface area contributed by atoms with Gasteiger partial charge < -0.3 is 10.8 Å². The van der Waals surface area contributed by atoms with Crippen molar-refractivity contribution in [1.29, 1.82) is 0 Å². The molecule has 0 saturated heterocycles. The van der Waals surface area contributed by atoms with E-state index in [1.165, 1.54) is 6.07 Å². The van der Waals surface area contributed by atoms with E-state index >= 15 is 0 Å². The topological polar surface area (TPSA) is 81.1 Å². The van der Waals surface area contributed by atoms with Crippen LogP contribution in [-0.2, 0) is 0 Å². The molecule has 94 valence electrons. The van der Waals surface area contributed by atoms with Crippen LogP contribution < -0.4 is 5.73 Å². The van der Waals surface area contributed by atoms with Crippen molar-refractivity contribution in [3.05, 3.63) is 40.7 Å². The minimum atomic E-state index is -1.02. The molecule has 0 amide bonds. The molecule has 2 rings (SSSR count). The Bertz CT molecular complexity index is 629. The van der Waals surface area contributed by atoms with Gasteiger partial charge in [0, 0.05) is 11.4 Å². The summed E-state index contributed by atoms with van der Waals surface area (Å²) in [6.07, 6.45) is 0. The summed E-state index contributed by atoms with van der Waals surface area (Å²) in [4.78, 5) is 10.9. The van der Waals surface area contributed by atoms with Gasteiger partial charge in [-0.3, -0.25) is 0 Å². The molecular weight excluding hydrogens is 230 g/mol. The third-order valence-corrected chi connectivity index (χ3v) is 3.16. The Labute approximate surface area is 105 Å². The number of aryl methyl sites for hydroxylation is 1. The number of nitrogens with two attached hydrogens (primary N) is 1. The number of carboxylic acids is 1. The Hall–Kier alpha value is -2.30. The Morgan fingerprint density at radius 1 is 1.33 bits per heavy atom. The van der Waals surface area contributed by atoms with Crippen LogP contribution in [0.15, 0.2) is 18.2 Å². The van der Waals surface area contributed by atoms with E-state index in [0.29, 0.717) is 0 Å². The second-order valence-corrected chi connectivity index (χ2v) is 4.28. The Morgan fingerprint density at radius 2 is 2.00 bits per heavy atom. The van der Waals surface area contributed by atoms with Crippen LogP contribution in [0, 0.1) is 20.8 Å². The van der Waals surface area contributed by atoms with Crippen LogP contribution in [0.25, 0.3) is 5.69 Å². The lowest BCUT2D eigenvalue weighted by atomic mass is 10.1. The normalized spacial score (nSPS) is 10.6. The fourth-order valence-corrected chi connectivity index (χ4v) is 1.85. The number of anilines is 1. The number of nitrogen functional groups attached to an aromatic ring is 1. The van der Waals surface area contributed by atoms with Crippen LogP contribution in [0.4, 0.5) is 5.69 Å². The van der Waals surface area contributed by atoms with Gasteiger partial charge >= 0.3 is 5.97 Å². The van der Waals surface area contributed by atoms with Crippen molar-refractivity contribution in [2.24, 2.45) is 0 Å². The predicted molar refractivity (Wildman–Crippen MR) is 69.1 cm³/mol. The number of benzene rings is 1. The molecule has 18 heavy (non-hydrogen) atoms. The number of carbonyl (C=O) groups is 1. The summed E-state index contributed by atoms with van der Waals surface area (Å²) < 4.78 is 1.77. The Kier molecular flexibility index (Phi) is 2.82. The zero-order valence-corrected chi connectivity index (χ0v) is 10.6. The van der Waals surface area contributed by atoms with Gasteiger partial charge in [0.15, 0.2) is 0 Å². The highest BCUT2D eigenvalue weighted by molar-refractivity contribution is 5.94. The van der Waals surface area contributed by atoms with E-state index in [4.69, 9.17) is 10.8 Å². The van der Waals surface area contributed by atoms with Crippen LogP contribution in [0.1, 0.15) is 27.3 Å². The molecule has 0 aliphatic rings. The van der Waals surface area contributed by atoms with Crippen molar-refractivity contribution in [2.45, 2.75) is 20.8 Å². The van der Waals surface area contributed by atoms with Crippen molar-refractivity contribution in [3.8, 4) is 5.69 Å². The molecular formula is C13H15N3O2. The van der Waals surface area contributed by atoms with Crippen LogP contribution in [-0.4, -0.2) is 20.9 Å². The van der Waals surface area contributed by atoms with E-state index in [1.807, 2.05) is 20.8 Å². The molecule has 5 heteroatoms. The van der Waals surface area contributed by atoms with E-state index in [1.54, 1.807) is 16.8 Å². The van der Waals surface area contributed by atoms with Crippen LogP contribution in [0.2, 0.25) is 0 Å². The van der Waals surface area contributed by atoms with Crippen molar-refractivity contribution in [3.63, 3.8) is 0 Å². The molecule has 0 saturated carbocycles. The highest BCUT2D eigenvalue weighted by atomic mass is 16.4. The molecule has 1 aromatic carbocycles. The van der Waals surface area contributed by atoms with E-state index in [-0.39, 0.29) is 11.3 Å². The lowest BCUT2D eigenvalue weighted by molar-refractivity contribution is 0.0698. The summed E-state index contributed by atoms with van der Waals surface area (Å²) in [5.41, 5.74) is 9.95. The summed E-state index contributed by atoms with van der Waals surface area (Å²) in [7, 11) is 0. The molecule has 0 atom stereocenters. The third kappa shape index (κ3) is 1.84. The van der Waals surface area contributed by atoms with Crippen LogP contribution in [0.3, 0.4) is 0 Å². The average molecular weight is 245 g/mol. The first-order chi connectivity index (χ1) is 8.41. The minimum absolute atomic E-state index is 0.108. The smallest absolute Gasteiger partial charge is 0.337 e. The van der Waals surface area contributed by atoms with Gasteiger partial charge in [0.1, 0.15) is 0 Å². The summed E-state index contributed by atoms with van der Waals surface area (Å²) in [6.45, 7) is 5.91. The molecule has 2 aromatic rings. The summed E-state index contributed by atoms with van der Waals surface area (Å²) >= 11 is 0. The number of hydrogen-bond acceptors (Lipinski definition) is 3. The molecule has 0 aliphatic heterocycles. The van der Waals surface area contributed by atoms with Gasteiger partial charge in [0.2, 0.25) is 0 Å². The SMILES string of the molecule is Cc1nn(-c2ccc(C(=O)O)c(N)c2)c(C)c1C. The van der Waals surface area contributed by atoms with Gasteiger partial charge in [-0.1, -0.05) is 0 Å². The zero-order chi connectivity index (χ0) is 13.4. The van der Waals surface area contributed by atoms with Gasteiger partial charge in [-0.15, -0.1) is 0 Å². The van der Waals surface area contributed by atoms with Gasteiger partial charge in [-0.05, 0) is 44.5 Å². The highest BCUT2D eigenvalue weighted by Crippen LogP contribution is 2.21. The fraction of sp³-hybridized carbons (Fsp3) is 0.231. The fourth-order valence-electron chi connectivity index (χ4n) is 1.85. The molecule has 0 spiro atoms. The molecule has 1 heterocycles. The number of carboxylic acid groups (broad SMARTS) is 1. The van der Waals surface area contributed by atoms with Gasteiger partial charge in [0.25, 0.3) is 0 Å². The molecule has 0 bridgehead atoms. The Morgan fingerprint density at radius 3 is 2.44 bits per heavy atom. The molecule has 0 aliphatic carbocycles. The maximum atomic E-state index is 10.9. The second kappa shape index (κ2) is 4.18. The monoisotopic (exact) mass is 245 g/mol. The van der Waals surface area contributed by atoms with E-state index in [2.05, 4.69) is 5.10 Å². The second-order valence-electron chi connectivity index (χ2n) is 4.28. The largest absolute Gasteiger partial charge is 0.478 e.